The van der Waals surface area contributed by atoms with Gasteiger partial charge in [-0.3, -0.25) is 0 Å². The summed E-state index contributed by atoms with van der Waals surface area (Å²) in [5.41, 5.74) is 3.29. The van der Waals surface area contributed by atoms with E-state index in [2.05, 4.69) is 53.2 Å². The van der Waals surface area contributed by atoms with Gasteiger partial charge >= 0.3 is 0 Å². The van der Waals surface area contributed by atoms with Crippen LogP contribution in [0.5, 0.6) is 5.75 Å². The van der Waals surface area contributed by atoms with Crippen molar-refractivity contribution >= 4 is 0 Å². The highest BCUT2D eigenvalue weighted by Gasteiger charge is 2.29. The number of nitrogens with zero attached hydrogens (tertiary/aromatic N) is 2. The largest absolute Gasteiger partial charge is 0.497 e. The molecule has 0 amide bonds. The lowest BCUT2D eigenvalue weighted by Crippen LogP contribution is -2.19. The Labute approximate surface area is 196 Å². The molecule has 5 heteroatoms. The van der Waals surface area contributed by atoms with Gasteiger partial charge in [0.1, 0.15) is 23.6 Å². The maximum atomic E-state index is 5.90. The van der Waals surface area contributed by atoms with Crippen molar-refractivity contribution in [2.75, 3.05) is 13.9 Å². The summed E-state index contributed by atoms with van der Waals surface area (Å²) in [7, 11) is 1.70. The first-order chi connectivity index (χ1) is 16.3. The van der Waals surface area contributed by atoms with E-state index in [9.17, 15) is 0 Å². The molecule has 1 fully saturated rings. The summed E-state index contributed by atoms with van der Waals surface area (Å²) in [6.45, 7) is 1.26. The molecule has 0 spiro atoms. The number of hydrogen-bond acceptors (Lipinski definition) is 4. The molecular formula is C28H32N2O3. The molecular weight excluding hydrogens is 412 g/mol. The first-order valence-electron chi connectivity index (χ1n) is 12.0. The summed E-state index contributed by atoms with van der Waals surface area (Å²) >= 11 is 0. The highest BCUT2D eigenvalue weighted by atomic mass is 16.7. The van der Waals surface area contributed by atoms with Gasteiger partial charge in [0.25, 0.3) is 0 Å². The molecule has 1 atom stereocenters. The third-order valence-corrected chi connectivity index (χ3v) is 6.78. The van der Waals surface area contributed by atoms with Crippen molar-refractivity contribution in [2.24, 2.45) is 5.92 Å². The zero-order chi connectivity index (χ0) is 22.5. The van der Waals surface area contributed by atoms with Crippen LogP contribution in [0.1, 0.15) is 49.4 Å². The Morgan fingerprint density at radius 1 is 1.06 bits per heavy atom. The molecule has 3 aromatic rings. The van der Waals surface area contributed by atoms with E-state index in [1.807, 2.05) is 12.1 Å². The van der Waals surface area contributed by atoms with E-state index in [0.717, 1.165) is 41.6 Å². The van der Waals surface area contributed by atoms with Crippen molar-refractivity contribution in [2.45, 2.75) is 51.0 Å². The SMILES string of the molecule is COc1cccc(-c2cn(CC3CCCCC3)c(C(Cc3ccccc3)C3=COCO3)n2)c1. The van der Waals surface area contributed by atoms with E-state index in [0.29, 0.717) is 5.92 Å². The summed E-state index contributed by atoms with van der Waals surface area (Å²) in [5, 5.41) is 0. The van der Waals surface area contributed by atoms with Crippen LogP contribution < -0.4 is 4.74 Å². The maximum Gasteiger partial charge on any atom is 0.229 e. The topological polar surface area (TPSA) is 45.5 Å². The van der Waals surface area contributed by atoms with Crippen LogP contribution in [0.25, 0.3) is 11.3 Å². The van der Waals surface area contributed by atoms with Gasteiger partial charge in [0.2, 0.25) is 6.79 Å². The van der Waals surface area contributed by atoms with E-state index in [-0.39, 0.29) is 12.7 Å². The number of hydrogen-bond donors (Lipinski definition) is 0. The molecule has 33 heavy (non-hydrogen) atoms. The monoisotopic (exact) mass is 444 g/mol. The van der Waals surface area contributed by atoms with Crippen LogP contribution in [0.2, 0.25) is 0 Å². The zero-order valence-corrected chi connectivity index (χ0v) is 19.3. The molecule has 5 nitrogen and oxygen atoms in total. The lowest BCUT2D eigenvalue weighted by atomic mass is 9.89. The molecule has 1 unspecified atom stereocenters. The molecule has 0 N–H and O–H groups in total. The summed E-state index contributed by atoms with van der Waals surface area (Å²) in [6.07, 6.45) is 11.4. The number of imidazole rings is 1. The van der Waals surface area contributed by atoms with Crippen molar-refractivity contribution in [3.8, 4) is 17.0 Å². The van der Waals surface area contributed by atoms with Crippen LogP contribution in [-0.4, -0.2) is 23.5 Å². The van der Waals surface area contributed by atoms with E-state index in [1.165, 1.54) is 37.7 Å². The molecule has 5 rings (SSSR count). The van der Waals surface area contributed by atoms with Crippen LogP contribution in [-0.2, 0) is 22.4 Å². The van der Waals surface area contributed by atoms with Gasteiger partial charge in [-0.05, 0) is 42.9 Å². The normalized spacial score (nSPS) is 17.2. The predicted molar refractivity (Wildman–Crippen MR) is 129 cm³/mol. The van der Waals surface area contributed by atoms with E-state index in [1.54, 1.807) is 13.4 Å². The van der Waals surface area contributed by atoms with E-state index < -0.39 is 0 Å². The number of benzene rings is 2. The van der Waals surface area contributed by atoms with Crippen molar-refractivity contribution in [3.63, 3.8) is 0 Å². The fourth-order valence-electron chi connectivity index (χ4n) is 5.03. The molecule has 0 bridgehead atoms. The second kappa shape index (κ2) is 10.2. The van der Waals surface area contributed by atoms with Crippen molar-refractivity contribution < 1.29 is 14.2 Å². The second-order valence-corrected chi connectivity index (χ2v) is 9.06. The van der Waals surface area contributed by atoms with E-state index in [4.69, 9.17) is 19.2 Å². The summed E-state index contributed by atoms with van der Waals surface area (Å²) in [6, 6.07) is 18.7. The van der Waals surface area contributed by atoms with Gasteiger partial charge in [0.15, 0.2) is 0 Å². The van der Waals surface area contributed by atoms with Gasteiger partial charge in [0.05, 0.1) is 18.7 Å². The second-order valence-electron chi connectivity index (χ2n) is 9.06. The number of aromatic nitrogens is 2. The standard InChI is InChI=1S/C28H32N2O3/c1-31-24-14-8-13-23(16-24)26-18-30(17-22-11-6-3-7-12-22)28(29-26)25(27-19-32-20-33-27)15-21-9-4-2-5-10-21/h2,4-5,8-10,13-14,16,18-19,22,25H,3,6-7,11-12,15,17,20H2,1H3. The van der Waals surface area contributed by atoms with Gasteiger partial charge in [-0.15, -0.1) is 0 Å². The van der Waals surface area contributed by atoms with Gasteiger partial charge in [-0.1, -0.05) is 61.7 Å². The Morgan fingerprint density at radius 2 is 1.91 bits per heavy atom. The third-order valence-electron chi connectivity index (χ3n) is 6.78. The van der Waals surface area contributed by atoms with Crippen LogP contribution in [0.4, 0.5) is 0 Å². The smallest absolute Gasteiger partial charge is 0.229 e. The van der Waals surface area contributed by atoms with Gasteiger partial charge in [-0.2, -0.15) is 0 Å². The lowest BCUT2D eigenvalue weighted by Gasteiger charge is -2.24. The quantitative estimate of drug-likeness (QED) is 0.408. The molecule has 1 aliphatic heterocycles. The molecule has 1 aliphatic carbocycles. The Kier molecular flexibility index (Phi) is 6.66. The van der Waals surface area contributed by atoms with E-state index >= 15 is 0 Å². The Morgan fingerprint density at radius 3 is 2.67 bits per heavy atom. The molecule has 2 aliphatic rings. The third kappa shape index (κ3) is 5.08. The van der Waals surface area contributed by atoms with Crippen molar-refractivity contribution in [1.29, 1.82) is 0 Å². The molecule has 1 aromatic heterocycles. The lowest BCUT2D eigenvalue weighted by molar-refractivity contribution is 0.0745. The molecule has 0 radical (unpaired) electrons. The number of allylic oxidation sites excluding steroid dienone is 1. The number of ether oxygens (including phenoxy) is 3. The minimum absolute atomic E-state index is 0.00199. The van der Waals surface area contributed by atoms with Crippen LogP contribution >= 0.6 is 0 Å². The Balaban J connectivity index is 1.54. The molecule has 0 saturated heterocycles. The molecule has 1 saturated carbocycles. The highest BCUT2D eigenvalue weighted by molar-refractivity contribution is 5.61. The predicted octanol–water partition coefficient (Wildman–Crippen LogP) is 6.31. The van der Waals surface area contributed by atoms with Crippen LogP contribution in [0.15, 0.2) is 72.8 Å². The highest BCUT2D eigenvalue weighted by Crippen LogP contribution is 2.35. The summed E-state index contributed by atoms with van der Waals surface area (Å²) in [4.78, 5) is 5.19. The summed E-state index contributed by atoms with van der Waals surface area (Å²) in [5.74, 6) is 3.42. The fourth-order valence-corrected chi connectivity index (χ4v) is 5.03. The van der Waals surface area contributed by atoms with Gasteiger partial charge in [-0.25, -0.2) is 4.98 Å². The molecule has 172 valence electrons. The Hall–Kier alpha value is -3.21. The summed E-state index contributed by atoms with van der Waals surface area (Å²) < 4.78 is 19.2. The molecule has 2 heterocycles. The number of rotatable bonds is 8. The maximum absolute atomic E-state index is 5.90. The first kappa shape index (κ1) is 21.6. The number of methoxy groups -OCH3 is 1. The average molecular weight is 445 g/mol. The van der Waals surface area contributed by atoms with Gasteiger partial charge in [0, 0.05) is 18.3 Å². The van der Waals surface area contributed by atoms with Gasteiger partial charge < -0.3 is 18.8 Å². The first-order valence-corrected chi connectivity index (χ1v) is 12.0. The Bertz CT molecular complexity index is 1080. The minimum Gasteiger partial charge on any atom is -0.497 e. The van der Waals surface area contributed by atoms with Crippen molar-refractivity contribution in [3.05, 3.63) is 84.2 Å². The van der Waals surface area contributed by atoms with Crippen LogP contribution in [0, 0.1) is 5.92 Å². The van der Waals surface area contributed by atoms with Crippen molar-refractivity contribution in [1.82, 2.24) is 9.55 Å². The molecule has 2 aromatic carbocycles. The minimum atomic E-state index is -0.00199. The zero-order valence-electron chi connectivity index (χ0n) is 19.3. The fraction of sp³-hybridized carbons (Fsp3) is 0.393. The average Bonchev–Trinajstić information content (AvgIpc) is 3.55. The van der Waals surface area contributed by atoms with Crippen LogP contribution in [0.3, 0.4) is 0 Å².